The minimum absolute atomic E-state index is 0.0684. The number of carbonyl (C=O) groups is 2. The van der Waals surface area contributed by atoms with E-state index in [1.165, 1.54) is 0 Å². The first kappa shape index (κ1) is 23.3. The minimum atomic E-state index is -0.957. The summed E-state index contributed by atoms with van der Waals surface area (Å²) in [5, 5.41) is 25.8. The van der Waals surface area contributed by atoms with Crippen LogP contribution in [-0.4, -0.2) is 87.1 Å². The zero-order chi connectivity index (χ0) is 23.6. The second-order valence-corrected chi connectivity index (χ2v) is 9.38. The lowest BCUT2D eigenvalue weighted by molar-refractivity contribution is -0.135. The third kappa shape index (κ3) is 5.20. The maximum Gasteiger partial charge on any atom is 0.260 e. The van der Waals surface area contributed by atoms with E-state index in [1.807, 2.05) is 18.2 Å². The summed E-state index contributed by atoms with van der Waals surface area (Å²) < 4.78 is 7.36. The number of rotatable bonds is 1. The molecule has 0 radical (unpaired) electrons. The highest BCUT2D eigenvalue weighted by Crippen LogP contribution is 2.38. The van der Waals surface area contributed by atoms with Crippen molar-refractivity contribution in [3.8, 4) is 5.75 Å². The summed E-state index contributed by atoms with van der Waals surface area (Å²) in [5.74, 6) is 0.331. The number of aliphatic hydroxyl groups is 2. The molecule has 3 heterocycles. The number of hydrogen-bond donors (Lipinski definition) is 2. The number of likely N-dealkylation sites (N-methyl/N-ethyl adjacent to an activating group) is 1. The summed E-state index contributed by atoms with van der Waals surface area (Å²) in [4.78, 5) is 29.1. The molecule has 0 unspecified atom stereocenters. The molecule has 0 saturated carbocycles. The Morgan fingerprint density at radius 2 is 1.88 bits per heavy atom. The molecule has 1 saturated heterocycles. The molecule has 178 valence electrons. The molecule has 1 aromatic carbocycles. The highest BCUT2D eigenvalue weighted by molar-refractivity contribution is 5.93. The van der Waals surface area contributed by atoms with E-state index in [0.717, 1.165) is 5.56 Å². The first-order chi connectivity index (χ1) is 15.8. The number of hydrogen-bond acceptors (Lipinski definition) is 6. The average molecular weight is 457 g/mol. The number of aryl methyl sites for hydroxylation is 1. The van der Waals surface area contributed by atoms with Crippen LogP contribution in [0.4, 0.5) is 0 Å². The molecule has 2 aromatic rings. The fraction of sp³-hybridized carbons (Fsp3) is 0.542. The smallest absolute Gasteiger partial charge is 0.260 e. The van der Waals surface area contributed by atoms with Gasteiger partial charge in [0.1, 0.15) is 5.75 Å². The van der Waals surface area contributed by atoms with Gasteiger partial charge >= 0.3 is 0 Å². The Kier molecular flexibility index (Phi) is 6.71. The maximum absolute atomic E-state index is 12.8. The number of ether oxygens (including phenoxy) is 1. The number of aliphatic hydroxyl groups excluding tert-OH is 2. The lowest BCUT2D eigenvalue weighted by atomic mass is 9.72. The minimum Gasteiger partial charge on any atom is -0.483 e. The molecule has 2 N–H and O–H groups in total. The van der Waals surface area contributed by atoms with Gasteiger partial charge in [-0.05, 0) is 36.3 Å². The second-order valence-electron chi connectivity index (χ2n) is 9.38. The largest absolute Gasteiger partial charge is 0.483 e. The van der Waals surface area contributed by atoms with Gasteiger partial charge < -0.3 is 24.7 Å². The van der Waals surface area contributed by atoms with Crippen molar-refractivity contribution in [2.75, 3.05) is 33.3 Å². The van der Waals surface area contributed by atoms with Gasteiger partial charge in [-0.2, -0.15) is 5.10 Å². The Bertz CT molecular complexity index is 998. The quantitative estimate of drug-likeness (QED) is 0.659. The maximum atomic E-state index is 12.8. The molecule has 2 atom stereocenters. The van der Waals surface area contributed by atoms with Crippen LogP contribution in [0.25, 0.3) is 0 Å². The third-order valence-corrected chi connectivity index (χ3v) is 6.90. The number of likely N-dealkylation sites (tertiary alicyclic amines) is 1. The molecule has 0 aliphatic carbocycles. The topological polar surface area (TPSA) is 108 Å². The van der Waals surface area contributed by atoms with Crippen LogP contribution in [0.15, 0.2) is 36.7 Å². The van der Waals surface area contributed by atoms with E-state index in [4.69, 9.17) is 4.74 Å². The van der Waals surface area contributed by atoms with Gasteiger partial charge in [0.2, 0.25) is 0 Å². The van der Waals surface area contributed by atoms with Crippen LogP contribution in [0, 0.1) is 5.41 Å². The predicted molar refractivity (Wildman–Crippen MR) is 121 cm³/mol. The molecule has 1 spiro atoms. The Labute approximate surface area is 193 Å². The van der Waals surface area contributed by atoms with Gasteiger partial charge in [-0.1, -0.05) is 18.2 Å². The lowest BCUT2D eigenvalue weighted by Crippen LogP contribution is -2.51. The fourth-order valence-corrected chi connectivity index (χ4v) is 4.92. The predicted octanol–water partition coefficient (Wildman–Crippen LogP) is 0.848. The summed E-state index contributed by atoms with van der Waals surface area (Å²) in [7, 11) is 3.51. The van der Waals surface area contributed by atoms with Crippen LogP contribution in [0.3, 0.4) is 0 Å². The number of aromatic nitrogens is 2. The summed E-state index contributed by atoms with van der Waals surface area (Å²) >= 11 is 0. The van der Waals surface area contributed by atoms with Crippen LogP contribution in [0.5, 0.6) is 5.75 Å². The van der Waals surface area contributed by atoms with Crippen LogP contribution in [0.2, 0.25) is 0 Å². The SMILES string of the molecule is CN1CC2(CCN(C(=O)c3cnn(C)c3)CC2)C[C@@H](O)[C@@H](O)Cc2ccccc2OCC1=O. The monoisotopic (exact) mass is 456 g/mol. The number of carbonyl (C=O) groups excluding carboxylic acids is 2. The van der Waals surface area contributed by atoms with Gasteiger partial charge in [-0.25, -0.2) is 0 Å². The zero-order valence-electron chi connectivity index (χ0n) is 19.2. The van der Waals surface area contributed by atoms with Crippen molar-refractivity contribution in [2.45, 2.75) is 37.9 Å². The van der Waals surface area contributed by atoms with Crippen LogP contribution >= 0.6 is 0 Å². The lowest BCUT2D eigenvalue weighted by Gasteiger charge is -2.45. The first-order valence-corrected chi connectivity index (χ1v) is 11.4. The Morgan fingerprint density at radius 3 is 2.58 bits per heavy atom. The van der Waals surface area contributed by atoms with Crippen molar-refractivity contribution >= 4 is 11.8 Å². The summed E-state index contributed by atoms with van der Waals surface area (Å²) in [5.41, 5.74) is 0.895. The second kappa shape index (κ2) is 9.52. The summed E-state index contributed by atoms with van der Waals surface area (Å²) in [6, 6.07) is 7.27. The normalized spacial score (nSPS) is 23.9. The van der Waals surface area contributed by atoms with Crippen molar-refractivity contribution in [3.63, 3.8) is 0 Å². The standard InChI is InChI=1S/C24H32N4O5/c1-26-16-24(7-9-28(10-8-24)23(32)18-13-25-27(2)14-18)12-20(30)19(29)11-17-5-3-4-6-21(17)33-15-22(26)31/h3-6,13-14,19-20,29-30H,7-12,15-16H2,1-2H3/t19-,20+/m0/s1. The van der Waals surface area contributed by atoms with Gasteiger partial charge in [0.05, 0.1) is 24.0 Å². The third-order valence-electron chi connectivity index (χ3n) is 6.90. The molecule has 1 fully saturated rings. The number of para-hydroxylation sites is 1. The molecule has 2 aliphatic heterocycles. The Hall–Kier alpha value is -2.91. The van der Waals surface area contributed by atoms with Crippen molar-refractivity contribution in [2.24, 2.45) is 12.5 Å². The van der Waals surface area contributed by atoms with Gasteiger partial charge in [0.25, 0.3) is 11.8 Å². The summed E-state index contributed by atoms with van der Waals surface area (Å²) in [6.45, 7) is 1.36. The molecule has 9 nitrogen and oxygen atoms in total. The fourth-order valence-electron chi connectivity index (χ4n) is 4.92. The van der Waals surface area contributed by atoms with Gasteiger partial charge in [-0.3, -0.25) is 14.3 Å². The van der Waals surface area contributed by atoms with E-state index in [1.54, 1.807) is 47.0 Å². The van der Waals surface area contributed by atoms with Gasteiger partial charge in [0.15, 0.2) is 6.61 Å². The summed E-state index contributed by atoms with van der Waals surface area (Å²) in [6.07, 6.45) is 3.19. The van der Waals surface area contributed by atoms with Crippen LogP contribution < -0.4 is 4.74 Å². The molecule has 2 amide bonds. The Morgan fingerprint density at radius 1 is 1.15 bits per heavy atom. The molecular weight excluding hydrogens is 424 g/mol. The van der Waals surface area contributed by atoms with Crippen LogP contribution in [-0.2, 0) is 18.3 Å². The van der Waals surface area contributed by atoms with Crippen molar-refractivity contribution in [1.29, 1.82) is 0 Å². The van der Waals surface area contributed by atoms with Crippen molar-refractivity contribution in [3.05, 3.63) is 47.8 Å². The molecular formula is C24H32N4O5. The van der Waals surface area contributed by atoms with E-state index in [9.17, 15) is 19.8 Å². The highest BCUT2D eigenvalue weighted by Gasteiger charge is 2.41. The number of nitrogens with zero attached hydrogens (tertiary/aromatic N) is 4. The molecule has 33 heavy (non-hydrogen) atoms. The van der Waals surface area contributed by atoms with E-state index in [0.29, 0.717) is 50.2 Å². The Balaban J connectivity index is 1.52. The number of fused-ring (bicyclic) bond motifs is 1. The number of piperidine rings is 1. The highest BCUT2D eigenvalue weighted by atomic mass is 16.5. The number of amides is 2. The molecule has 4 rings (SSSR count). The van der Waals surface area contributed by atoms with E-state index >= 15 is 0 Å². The average Bonchev–Trinajstić information content (AvgIpc) is 3.23. The van der Waals surface area contributed by atoms with Crippen molar-refractivity contribution < 1.29 is 24.5 Å². The molecule has 2 aliphatic rings. The van der Waals surface area contributed by atoms with E-state index < -0.39 is 17.6 Å². The molecule has 9 heteroatoms. The first-order valence-electron chi connectivity index (χ1n) is 11.4. The van der Waals surface area contributed by atoms with Crippen molar-refractivity contribution in [1.82, 2.24) is 19.6 Å². The number of benzene rings is 1. The van der Waals surface area contributed by atoms with Gasteiger partial charge in [0, 0.05) is 46.3 Å². The molecule has 0 bridgehead atoms. The van der Waals surface area contributed by atoms with E-state index in [2.05, 4.69) is 5.10 Å². The molecule has 1 aromatic heterocycles. The van der Waals surface area contributed by atoms with Crippen LogP contribution in [0.1, 0.15) is 35.2 Å². The van der Waals surface area contributed by atoms with Gasteiger partial charge in [-0.15, -0.1) is 0 Å². The zero-order valence-corrected chi connectivity index (χ0v) is 19.2. The van der Waals surface area contributed by atoms with E-state index in [-0.39, 0.29) is 24.8 Å².